The van der Waals surface area contributed by atoms with Gasteiger partial charge in [0.1, 0.15) is 11.2 Å². The molecule has 4 aromatic heterocycles. The summed E-state index contributed by atoms with van der Waals surface area (Å²) in [5.74, 6) is 1.72. The van der Waals surface area contributed by atoms with Crippen LogP contribution in [0, 0.1) is 0 Å². The lowest BCUT2D eigenvalue weighted by Crippen LogP contribution is -2.01. The predicted molar refractivity (Wildman–Crippen MR) is 261 cm³/mol. The van der Waals surface area contributed by atoms with E-state index in [-0.39, 0.29) is 0 Å². The smallest absolute Gasteiger partial charge is 0.164 e. The summed E-state index contributed by atoms with van der Waals surface area (Å²) >= 11 is 0. The van der Waals surface area contributed by atoms with Gasteiger partial charge in [-0.1, -0.05) is 152 Å². The second kappa shape index (κ2) is 14.4. The van der Waals surface area contributed by atoms with Crippen LogP contribution in [-0.4, -0.2) is 24.5 Å². The van der Waals surface area contributed by atoms with Crippen molar-refractivity contribution in [1.29, 1.82) is 0 Å². The number of aromatic nitrogens is 5. The Morgan fingerprint density at radius 2 is 0.969 bits per heavy atom. The average Bonchev–Trinajstić information content (AvgIpc) is 3.92. The molecule has 13 rings (SSSR count). The van der Waals surface area contributed by atoms with E-state index >= 15 is 0 Å². The molecule has 0 amide bonds. The fraction of sp³-hybridized carbons (Fsp3) is 0. The zero-order valence-electron chi connectivity index (χ0n) is 34.4. The number of rotatable bonds is 6. The highest BCUT2D eigenvalue weighted by molar-refractivity contribution is 6.13. The van der Waals surface area contributed by atoms with Crippen LogP contribution in [0.25, 0.3) is 127 Å². The van der Waals surface area contributed by atoms with Crippen LogP contribution in [0.5, 0.6) is 0 Å². The van der Waals surface area contributed by atoms with Gasteiger partial charge in [0.2, 0.25) is 0 Å². The third-order valence-corrected chi connectivity index (χ3v) is 12.5. The quantitative estimate of drug-likeness (QED) is 0.156. The van der Waals surface area contributed by atoms with Gasteiger partial charge in [-0.3, -0.25) is 4.98 Å². The van der Waals surface area contributed by atoms with Crippen LogP contribution in [-0.2, 0) is 0 Å². The van der Waals surface area contributed by atoms with Gasteiger partial charge in [0, 0.05) is 56.3 Å². The van der Waals surface area contributed by atoms with Gasteiger partial charge in [-0.15, -0.1) is 0 Å². The molecule has 6 nitrogen and oxygen atoms in total. The first-order valence-corrected chi connectivity index (χ1v) is 21.4. The van der Waals surface area contributed by atoms with Crippen molar-refractivity contribution in [2.45, 2.75) is 0 Å². The van der Waals surface area contributed by atoms with E-state index in [2.05, 4.69) is 192 Å². The molecule has 298 valence electrons. The van der Waals surface area contributed by atoms with Crippen LogP contribution in [0.2, 0.25) is 0 Å². The maximum Gasteiger partial charge on any atom is 0.164 e. The van der Waals surface area contributed by atoms with Crippen molar-refractivity contribution in [2.24, 2.45) is 0 Å². The molecule has 0 spiro atoms. The summed E-state index contributed by atoms with van der Waals surface area (Å²) < 4.78 is 8.65. The van der Waals surface area contributed by atoms with Crippen LogP contribution >= 0.6 is 0 Å². The molecule has 0 saturated carbocycles. The number of hydrogen-bond donors (Lipinski definition) is 0. The Morgan fingerprint density at radius 1 is 0.359 bits per heavy atom. The summed E-state index contributed by atoms with van der Waals surface area (Å²) in [6, 6.07) is 70.6. The SMILES string of the molecule is c1ccc(-c2ccc(-c3ccc4c(c3)c3ccccc3n4-c3cccc(-c4nc(-c5ccc6ccc7ccccc7c6c5)nc(-c5cccc6oc7ccncc7c56)n4)c3)cc2)cc1. The lowest BCUT2D eigenvalue weighted by molar-refractivity contribution is 0.668. The summed E-state index contributed by atoms with van der Waals surface area (Å²) in [7, 11) is 0. The van der Waals surface area contributed by atoms with Gasteiger partial charge in [0.15, 0.2) is 17.5 Å². The van der Waals surface area contributed by atoms with E-state index in [4.69, 9.17) is 19.4 Å². The number of benzene rings is 9. The number of nitrogens with zero attached hydrogens (tertiary/aromatic N) is 5. The number of para-hydroxylation sites is 1. The summed E-state index contributed by atoms with van der Waals surface area (Å²) in [6.45, 7) is 0. The molecule has 64 heavy (non-hydrogen) atoms. The van der Waals surface area contributed by atoms with E-state index in [1.807, 2.05) is 24.4 Å². The maximum absolute atomic E-state index is 6.30. The van der Waals surface area contributed by atoms with Gasteiger partial charge in [-0.2, -0.15) is 0 Å². The molecule has 6 heteroatoms. The summed E-state index contributed by atoms with van der Waals surface area (Å²) in [4.78, 5) is 20.2. The van der Waals surface area contributed by atoms with Gasteiger partial charge in [0.25, 0.3) is 0 Å². The van der Waals surface area contributed by atoms with Crippen molar-refractivity contribution >= 4 is 65.3 Å². The fourth-order valence-electron chi connectivity index (χ4n) is 9.45. The third kappa shape index (κ3) is 5.88. The molecule has 0 aliphatic rings. The molecule has 0 bridgehead atoms. The molecule has 9 aromatic carbocycles. The van der Waals surface area contributed by atoms with E-state index < -0.39 is 0 Å². The van der Waals surface area contributed by atoms with Crippen LogP contribution < -0.4 is 0 Å². The largest absolute Gasteiger partial charge is 0.456 e. The molecule has 0 unspecified atom stereocenters. The zero-order chi connectivity index (χ0) is 42.1. The summed E-state index contributed by atoms with van der Waals surface area (Å²) in [6.07, 6.45) is 3.60. The van der Waals surface area contributed by atoms with Crippen molar-refractivity contribution in [3.05, 3.63) is 213 Å². The normalized spacial score (nSPS) is 11.8. The van der Waals surface area contributed by atoms with E-state index in [1.54, 1.807) is 6.20 Å². The Bertz CT molecular complexity index is 3960. The summed E-state index contributed by atoms with van der Waals surface area (Å²) in [5.41, 5.74) is 12.2. The van der Waals surface area contributed by atoms with Gasteiger partial charge in [0.05, 0.1) is 11.0 Å². The van der Waals surface area contributed by atoms with Gasteiger partial charge in [-0.25, -0.2) is 15.0 Å². The van der Waals surface area contributed by atoms with Crippen molar-refractivity contribution < 1.29 is 4.42 Å². The van der Waals surface area contributed by atoms with Crippen LogP contribution in [0.3, 0.4) is 0 Å². The van der Waals surface area contributed by atoms with Gasteiger partial charge in [-0.05, 0) is 92.3 Å². The Morgan fingerprint density at radius 3 is 1.83 bits per heavy atom. The third-order valence-electron chi connectivity index (χ3n) is 12.5. The first kappa shape index (κ1) is 36.0. The molecule has 0 aliphatic carbocycles. The van der Waals surface area contributed by atoms with Crippen LogP contribution in [0.15, 0.2) is 217 Å². The molecular weight excluding hydrogens is 783 g/mol. The Kier molecular flexibility index (Phi) is 8.11. The highest BCUT2D eigenvalue weighted by Gasteiger charge is 2.20. The van der Waals surface area contributed by atoms with Crippen molar-refractivity contribution in [3.63, 3.8) is 0 Å². The van der Waals surface area contributed by atoms with E-state index in [1.165, 1.54) is 43.8 Å². The molecule has 4 heterocycles. The topological polar surface area (TPSA) is 69.6 Å². The van der Waals surface area contributed by atoms with Gasteiger partial charge >= 0.3 is 0 Å². The molecule has 13 aromatic rings. The van der Waals surface area contributed by atoms with E-state index in [0.29, 0.717) is 17.5 Å². The molecular formula is C58H35N5O. The summed E-state index contributed by atoms with van der Waals surface area (Å²) in [5, 5.41) is 8.89. The zero-order valence-corrected chi connectivity index (χ0v) is 34.4. The molecule has 0 atom stereocenters. The minimum Gasteiger partial charge on any atom is -0.456 e. The first-order chi connectivity index (χ1) is 31.7. The first-order valence-electron chi connectivity index (χ1n) is 21.4. The number of fused-ring (bicyclic) bond motifs is 9. The predicted octanol–water partition coefficient (Wildman–Crippen LogP) is 14.9. The molecule has 0 radical (unpaired) electrons. The van der Waals surface area contributed by atoms with E-state index in [0.717, 1.165) is 66.1 Å². The average molecular weight is 818 g/mol. The standard InChI is InChI=1S/C58H35N5O/c1-2-10-36(11-3-1)37-20-22-38(23-21-37)41-28-29-52-49(33-41)46-16-6-7-18-51(46)63(52)44-14-8-13-42(32-44)56-60-57(43-27-26-40-25-24-39-12-4-5-15-45(39)48(40)34-43)62-58(61-56)47-17-9-19-54-55(47)50-35-59-31-30-53(50)64-54/h1-35H. The van der Waals surface area contributed by atoms with Crippen molar-refractivity contribution in [1.82, 2.24) is 24.5 Å². The number of furan rings is 1. The monoisotopic (exact) mass is 817 g/mol. The van der Waals surface area contributed by atoms with Crippen molar-refractivity contribution in [3.8, 4) is 62.1 Å². The fourth-order valence-corrected chi connectivity index (χ4v) is 9.45. The molecule has 0 saturated heterocycles. The minimum absolute atomic E-state index is 0.557. The Labute approximate surface area is 367 Å². The second-order valence-electron chi connectivity index (χ2n) is 16.3. The second-order valence-corrected chi connectivity index (χ2v) is 16.3. The van der Waals surface area contributed by atoms with Crippen LogP contribution in [0.4, 0.5) is 0 Å². The van der Waals surface area contributed by atoms with Gasteiger partial charge < -0.3 is 8.98 Å². The lowest BCUT2D eigenvalue weighted by atomic mass is 9.99. The number of pyridine rings is 1. The van der Waals surface area contributed by atoms with Crippen molar-refractivity contribution in [2.75, 3.05) is 0 Å². The molecule has 0 fully saturated rings. The highest BCUT2D eigenvalue weighted by atomic mass is 16.3. The number of hydrogen-bond acceptors (Lipinski definition) is 5. The van der Waals surface area contributed by atoms with E-state index in [9.17, 15) is 0 Å². The van der Waals surface area contributed by atoms with Crippen LogP contribution in [0.1, 0.15) is 0 Å². The highest BCUT2D eigenvalue weighted by Crippen LogP contribution is 2.39. The Balaban J connectivity index is 0.975. The minimum atomic E-state index is 0.557. The lowest BCUT2D eigenvalue weighted by Gasteiger charge is -2.12. The maximum atomic E-state index is 6.30. The molecule has 0 N–H and O–H groups in total. The Hall–Kier alpha value is -8.74. The molecule has 0 aliphatic heterocycles.